The summed E-state index contributed by atoms with van der Waals surface area (Å²) < 4.78 is 10.7. The highest BCUT2D eigenvalue weighted by Gasteiger charge is 2.58. The summed E-state index contributed by atoms with van der Waals surface area (Å²) >= 11 is 0. The van der Waals surface area contributed by atoms with E-state index in [1.165, 1.54) is 0 Å². The van der Waals surface area contributed by atoms with E-state index in [2.05, 4.69) is 31.4 Å². The Hall–Kier alpha value is -1.59. The molecule has 0 unspecified atom stereocenters. The van der Waals surface area contributed by atoms with Crippen molar-refractivity contribution in [1.82, 2.24) is 5.32 Å². The maximum atomic E-state index is 12.3. The Labute approximate surface area is 132 Å². The summed E-state index contributed by atoms with van der Waals surface area (Å²) in [5, 5.41) is 5.95. The predicted molar refractivity (Wildman–Crippen MR) is 86.9 cm³/mol. The Morgan fingerprint density at radius 3 is 2.55 bits per heavy atom. The lowest BCUT2D eigenvalue weighted by Crippen LogP contribution is -2.68. The van der Waals surface area contributed by atoms with Crippen LogP contribution in [-0.4, -0.2) is 31.9 Å². The van der Waals surface area contributed by atoms with Gasteiger partial charge in [-0.1, -0.05) is 32.0 Å². The van der Waals surface area contributed by atoms with Gasteiger partial charge >= 0.3 is 6.03 Å². The van der Waals surface area contributed by atoms with Crippen molar-refractivity contribution in [2.75, 3.05) is 19.5 Å². The molecule has 5 heteroatoms. The molecule has 5 nitrogen and oxygen atoms in total. The summed E-state index contributed by atoms with van der Waals surface area (Å²) in [6.07, 6.45) is 0.809. The molecule has 22 heavy (non-hydrogen) atoms. The Bertz CT molecular complexity index is 544. The summed E-state index contributed by atoms with van der Waals surface area (Å²) in [5.41, 5.74) is 1.42. The summed E-state index contributed by atoms with van der Waals surface area (Å²) in [6.45, 7) is 6.78. The SMILES string of the molecule is COCc1ccccc1NC(=O)N[C@@H]1C[C@@](C)(OC)C1(C)C. The van der Waals surface area contributed by atoms with Crippen molar-refractivity contribution in [3.05, 3.63) is 29.8 Å². The minimum atomic E-state index is -0.196. The zero-order valence-corrected chi connectivity index (χ0v) is 14.0. The number of carbonyl (C=O) groups is 1. The van der Waals surface area contributed by atoms with Crippen LogP contribution in [-0.2, 0) is 16.1 Å². The monoisotopic (exact) mass is 306 g/mol. The number of anilines is 1. The molecule has 2 amide bonds. The second-order valence-electron chi connectivity index (χ2n) is 6.60. The van der Waals surface area contributed by atoms with Crippen LogP contribution in [0.1, 0.15) is 32.8 Å². The van der Waals surface area contributed by atoms with Crippen molar-refractivity contribution in [3.8, 4) is 0 Å². The first-order valence-electron chi connectivity index (χ1n) is 7.53. The molecule has 0 bridgehead atoms. The zero-order chi connectivity index (χ0) is 16.4. The van der Waals surface area contributed by atoms with Crippen molar-refractivity contribution in [1.29, 1.82) is 0 Å². The lowest BCUT2D eigenvalue weighted by Gasteiger charge is -2.59. The van der Waals surface area contributed by atoms with Crippen LogP contribution in [0.3, 0.4) is 0 Å². The Morgan fingerprint density at radius 2 is 1.95 bits per heavy atom. The van der Waals surface area contributed by atoms with Gasteiger partial charge in [-0.05, 0) is 19.4 Å². The first-order valence-corrected chi connectivity index (χ1v) is 7.53. The largest absolute Gasteiger partial charge is 0.380 e. The quantitative estimate of drug-likeness (QED) is 0.878. The normalized spacial score (nSPS) is 26.1. The molecule has 0 radical (unpaired) electrons. The number of benzene rings is 1. The minimum Gasteiger partial charge on any atom is -0.380 e. The van der Waals surface area contributed by atoms with Crippen LogP contribution in [0.2, 0.25) is 0 Å². The van der Waals surface area contributed by atoms with E-state index in [1.807, 2.05) is 24.3 Å². The van der Waals surface area contributed by atoms with Gasteiger partial charge in [-0.25, -0.2) is 4.79 Å². The highest BCUT2D eigenvalue weighted by atomic mass is 16.5. The van der Waals surface area contributed by atoms with Crippen LogP contribution in [0.5, 0.6) is 0 Å². The lowest BCUT2D eigenvalue weighted by atomic mass is 9.56. The van der Waals surface area contributed by atoms with Gasteiger partial charge in [0.25, 0.3) is 0 Å². The van der Waals surface area contributed by atoms with Crippen LogP contribution >= 0.6 is 0 Å². The molecule has 1 aromatic carbocycles. The van der Waals surface area contributed by atoms with Crippen molar-refractivity contribution < 1.29 is 14.3 Å². The molecule has 0 spiro atoms. The average molecular weight is 306 g/mol. The number of hydrogen-bond acceptors (Lipinski definition) is 3. The number of methoxy groups -OCH3 is 2. The number of ether oxygens (including phenoxy) is 2. The lowest BCUT2D eigenvalue weighted by molar-refractivity contribution is -0.177. The molecule has 1 saturated carbocycles. The van der Waals surface area contributed by atoms with Crippen LogP contribution in [0.4, 0.5) is 10.5 Å². The van der Waals surface area contributed by atoms with Crippen LogP contribution in [0, 0.1) is 5.41 Å². The molecule has 1 aliphatic rings. The minimum absolute atomic E-state index is 0.0898. The third kappa shape index (κ3) is 2.96. The molecule has 2 atom stereocenters. The van der Waals surface area contributed by atoms with Crippen molar-refractivity contribution in [2.24, 2.45) is 5.41 Å². The van der Waals surface area contributed by atoms with Gasteiger partial charge in [0.1, 0.15) is 0 Å². The molecule has 0 aromatic heterocycles. The Morgan fingerprint density at radius 1 is 1.27 bits per heavy atom. The number of nitrogens with one attached hydrogen (secondary N) is 2. The van der Waals surface area contributed by atoms with Crippen molar-refractivity contribution >= 4 is 11.7 Å². The highest BCUT2D eigenvalue weighted by Crippen LogP contribution is 2.51. The molecule has 0 heterocycles. The second kappa shape index (κ2) is 6.26. The third-order valence-corrected chi connectivity index (χ3v) is 5.15. The number of amides is 2. The smallest absolute Gasteiger partial charge is 0.319 e. The Kier molecular flexibility index (Phi) is 4.78. The van der Waals surface area contributed by atoms with Gasteiger partial charge in [0.05, 0.1) is 12.2 Å². The van der Waals surface area contributed by atoms with Gasteiger partial charge in [-0.3, -0.25) is 0 Å². The summed E-state index contributed by atoms with van der Waals surface area (Å²) in [6, 6.07) is 7.53. The van der Waals surface area contributed by atoms with Gasteiger partial charge in [0.15, 0.2) is 0 Å². The molecule has 0 aliphatic heterocycles. The molecule has 2 N–H and O–H groups in total. The summed E-state index contributed by atoms with van der Waals surface area (Å²) in [4.78, 5) is 12.3. The standard InChI is InChI=1S/C17H26N2O3/c1-16(2)14(10-17(16,3)22-5)19-15(20)18-13-9-7-6-8-12(13)11-21-4/h6-9,14H,10-11H2,1-5H3,(H2,18,19,20)/t14-,17-/m1/s1. The molecule has 1 fully saturated rings. The van der Waals surface area contributed by atoms with Crippen LogP contribution in [0.25, 0.3) is 0 Å². The molecular formula is C17H26N2O3. The number of hydrogen-bond donors (Lipinski definition) is 2. The number of carbonyl (C=O) groups excluding carboxylic acids is 1. The van der Waals surface area contributed by atoms with E-state index in [0.29, 0.717) is 6.61 Å². The molecule has 2 rings (SSSR count). The van der Waals surface area contributed by atoms with Crippen molar-refractivity contribution in [2.45, 2.75) is 45.4 Å². The molecular weight excluding hydrogens is 280 g/mol. The van der Waals surface area contributed by atoms with Crippen molar-refractivity contribution in [3.63, 3.8) is 0 Å². The maximum absolute atomic E-state index is 12.3. The fourth-order valence-electron chi connectivity index (χ4n) is 2.96. The van der Waals surface area contributed by atoms with E-state index in [4.69, 9.17) is 9.47 Å². The molecule has 0 saturated heterocycles. The predicted octanol–water partition coefficient (Wildman–Crippen LogP) is 3.16. The number of para-hydroxylation sites is 1. The first-order chi connectivity index (χ1) is 10.3. The fourth-order valence-corrected chi connectivity index (χ4v) is 2.96. The van der Waals surface area contributed by atoms with Gasteiger partial charge in [0, 0.05) is 36.9 Å². The third-order valence-electron chi connectivity index (χ3n) is 5.15. The fraction of sp³-hybridized carbons (Fsp3) is 0.588. The summed E-state index contributed by atoms with van der Waals surface area (Å²) in [5.74, 6) is 0. The van der Waals surface area contributed by atoms with E-state index in [9.17, 15) is 4.79 Å². The van der Waals surface area contributed by atoms with E-state index < -0.39 is 0 Å². The van der Waals surface area contributed by atoms with Gasteiger partial charge in [-0.15, -0.1) is 0 Å². The van der Waals surface area contributed by atoms with Crippen LogP contribution < -0.4 is 10.6 Å². The topological polar surface area (TPSA) is 59.6 Å². The highest BCUT2D eigenvalue weighted by molar-refractivity contribution is 5.90. The second-order valence-corrected chi connectivity index (χ2v) is 6.60. The summed E-state index contributed by atoms with van der Waals surface area (Å²) in [7, 11) is 3.36. The van der Waals surface area contributed by atoms with Gasteiger partial charge in [-0.2, -0.15) is 0 Å². The van der Waals surface area contributed by atoms with E-state index in [0.717, 1.165) is 17.7 Å². The average Bonchev–Trinajstić information content (AvgIpc) is 2.48. The van der Waals surface area contributed by atoms with Gasteiger partial charge < -0.3 is 20.1 Å². The van der Waals surface area contributed by atoms with E-state index >= 15 is 0 Å². The number of rotatable bonds is 5. The van der Waals surface area contributed by atoms with E-state index in [-0.39, 0.29) is 23.1 Å². The maximum Gasteiger partial charge on any atom is 0.319 e. The molecule has 1 aromatic rings. The molecule has 1 aliphatic carbocycles. The van der Waals surface area contributed by atoms with E-state index in [1.54, 1.807) is 14.2 Å². The van der Waals surface area contributed by atoms with Gasteiger partial charge in [0.2, 0.25) is 0 Å². The van der Waals surface area contributed by atoms with Crippen LogP contribution in [0.15, 0.2) is 24.3 Å². The number of urea groups is 1. The zero-order valence-electron chi connectivity index (χ0n) is 14.0. The Balaban J connectivity index is 1.98. The first kappa shape index (κ1) is 16.8. The molecule has 122 valence electrons.